The molecule has 18 nitrogen and oxygen atoms in total. The van der Waals surface area contributed by atoms with Crippen LogP contribution in [0.3, 0.4) is 0 Å². The second kappa shape index (κ2) is 40.4. The number of thioether (sulfide) groups is 1. The molecular formula is C81H102O18P2S. The van der Waals surface area contributed by atoms with Crippen molar-refractivity contribution in [3.05, 3.63) is 246 Å². The van der Waals surface area contributed by atoms with E-state index in [2.05, 4.69) is 0 Å². The van der Waals surface area contributed by atoms with Crippen LogP contribution >= 0.6 is 27.4 Å². The largest absolute Gasteiger partial charge is 0.475 e. The monoisotopic (exact) mass is 1460 g/mol. The molecule has 550 valence electrons. The molecule has 15 atom stereocenters. The van der Waals surface area contributed by atoms with Crippen molar-refractivity contribution < 1.29 is 84.4 Å². The highest BCUT2D eigenvalue weighted by Crippen LogP contribution is 2.60. The lowest BCUT2D eigenvalue weighted by molar-refractivity contribution is -0.319. The Kier molecular flexibility index (Phi) is 30.8. The van der Waals surface area contributed by atoms with Gasteiger partial charge in [0.1, 0.15) is 54.3 Å². The molecule has 0 bridgehead atoms. The van der Waals surface area contributed by atoms with Crippen molar-refractivity contribution in [2.75, 3.05) is 13.2 Å². The molecule has 2 N–H and O–H groups in total. The lowest BCUT2D eigenvalue weighted by atomic mass is 9.96. The Hall–Kier alpha value is -5.29. The molecule has 4 saturated heterocycles. The van der Waals surface area contributed by atoms with Gasteiger partial charge in [-0.1, -0.05) is 250 Å². The highest BCUT2D eigenvalue weighted by atomic mass is 32.2. The molecule has 102 heavy (non-hydrogen) atoms. The number of rotatable bonds is 27. The lowest BCUT2D eigenvalue weighted by Crippen LogP contribution is -2.61. The summed E-state index contributed by atoms with van der Waals surface area (Å²) in [7, 11) is -8.16. The van der Waals surface area contributed by atoms with E-state index in [-0.39, 0.29) is 56.9 Å². The van der Waals surface area contributed by atoms with Crippen LogP contribution in [0.2, 0.25) is 0 Å². The maximum atomic E-state index is 14.2. The summed E-state index contributed by atoms with van der Waals surface area (Å²) in [6, 6.07) is 69.3. The molecule has 0 spiro atoms. The van der Waals surface area contributed by atoms with Gasteiger partial charge in [0.15, 0.2) is 6.29 Å². The first-order valence-corrected chi connectivity index (χ1v) is 40.2. The van der Waals surface area contributed by atoms with Crippen molar-refractivity contribution in [2.45, 2.75) is 239 Å². The minimum absolute atomic E-state index is 0.0359. The molecule has 2 aliphatic carbocycles. The van der Waals surface area contributed by atoms with E-state index in [9.17, 15) is 14.2 Å². The van der Waals surface area contributed by atoms with Gasteiger partial charge >= 0.3 is 15.6 Å². The molecule has 11 unspecified atom stereocenters. The van der Waals surface area contributed by atoms with Gasteiger partial charge in [-0.25, -0.2) is 9.13 Å². The summed E-state index contributed by atoms with van der Waals surface area (Å²) in [5.41, 5.74) is 5.38. The quantitative estimate of drug-likeness (QED) is 0.0460. The van der Waals surface area contributed by atoms with Crippen LogP contribution in [0.1, 0.15) is 131 Å². The summed E-state index contributed by atoms with van der Waals surface area (Å²) >= 11 is 1.47. The smallest absolute Gasteiger partial charge is 0.393 e. The number of ether oxygens (including phenoxy) is 8. The molecule has 2 saturated carbocycles. The summed E-state index contributed by atoms with van der Waals surface area (Å²) in [6.45, 7) is 7.55. The van der Waals surface area contributed by atoms with E-state index in [1.807, 2.05) is 233 Å². The maximum Gasteiger partial charge on any atom is 0.475 e. The van der Waals surface area contributed by atoms with Crippen molar-refractivity contribution in [2.24, 2.45) is 0 Å². The number of aliphatic hydroxyl groups is 2. The molecule has 4 aliphatic heterocycles. The third kappa shape index (κ3) is 24.6. The Morgan fingerprint density at radius 1 is 0.412 bits per heavy atom. The first-order chi connectivity index (χ1) is 49.8. The van der Waals surface area contributed by atoms with Gasteiger partial charge in [-0.15, -0.1) is 0 Å². The number of aliphatic hydroxyl groups excluding tert-OH is 2. The number of benzene rings is 7. The molecule has 4 heterocycles. The predicted molar refractivity (Wildman–Crippen MR) is 391 cm³/mol. The number of hydrogen-bond donors (Lipinski definition) is 2. The summed E-state index contributed by atoms with van der Waals surface area (Å²) in [6.07, 6.45) is 3.20. The number of phosphoric ester groups is 2. The minimum Gasteiger partial charge on any atom is -0.393 e. The van der Waals surface area contributed by atoms with Crippen LogP contribution in [0.5, 0.6) is 0 Å². The van der Waals surface area contributed by atoms with Gasteiger partial charge in [0.2, 0.25) is 0 Å². The SMILES string of the molecule is C[C@H]1C[C@H](C)OP(=O)(OC2C(Sc3ccccc3)OC(COCc3ccccc3)C(OCc3ccccc3)C2OCc2ccccc2)O1.C[C@H]1C[C@H](Cc2ccccc2)OP(=O)(OC2C(OC3CCCCC3)OC(COCc3ccccc3)C(OCc3ccccc3)C2O)O1.OC1CCCCC1. The lowest BCUT2D eigenvalue weighted by Gasteiger charge is -2.46. The Bertz CT molecular complexity index is 3540. The van der Waals surface area contributed by atoms with Crippen LogP contribution in [-0.2, 0) is 114 Å². The van der Waals surface area contributed by atoms with E-state index < -0.39 is 82.3 Å². The minimum atomic E-state index is -4.15. The molecule has 0 radical (unpaired) electrons. The third-order valence-corrected chi connectivity index (χ3v) is 23.1. The molecule has 0 aromatic heterocycles. The standard InChI is InChI=1S/C38H43O8PS.C37H47O9P.C6H12O/c1-28-23-29(2)45-47(39,44-28)46-37-36(42-26-32-19-11-5-12-20-32)35(41-25-31-17-9-4-10-18-31)34(27-40-24-30-15-7-3-8-16-30)43-38(37)48-33-21-13-6-14-22-33;1-27-22-32(23-28-14-6-2-7-15-28)45-47(39,44-27)46-36-34(38)35(41-25-30-18-10-4-11-19-30)33(26-40-24-29-16-8-3-9-17-29)43-37(36)42-31-20-12-5-13-21-31;7-6-4-2-1-3-5-6/h3-22,28-29,34-38H,23-27H2,1-2H3;2-4,6-11,14-19,27,31-38H,5,12-13,20-26H2,1H3;6-7H,1-5H2/t28-,29-,34?,35?,36?,37?,38?;27-,32+,33?,34?,35?,36?,37?,47?;/m00./s1. The fraction of sp³-hybridized carbons (Fsp3) is 0.481. The maximum absolute atomic E-state index is 14.2. The van der Waals surface area contributed by atoms with Gasteiger partial charge in [0.25, 0.3) is 0 Å². The van der Waals surface area contributed by atoms with Crippen LogP contribution in [0.4, 0.5) is 0 Å². The van der Waals surface area contributed by atoms with E-state index >= 15 is 0 Å². The molecule has 6 aliphatic rings. The fourth-order valence-electron chi connectivity index (χ4n) is 13.5. The third-order valence-electron chi connectivity index (χ3n) is 18.6. The van der Waals surface area contributed by atoms with Crippen molar-refractivity contribution >= 4 is 27.4 Å². The van der Waals surface area contributed by atoms with Crippen LogP contribution < -0.4 is 0 Å². The Labute approximate surface area is 606 Å². The Morgan fingerprint density at radius 2 is 0.804 bits per heavy atom. The predicted octanol–water partition coefficient (Wildman–Crippen LogP) is 17.1. The average Bonchev–Trinajstić information content (AvgIpc) is 0.775. The van der Waals surface area contributed by atoms with Crippen LogP contribution in [-0.4, -0.2) is 121 Å². The van der Waals surface area contributed by atoms with Crippen molar-refractivity contribution in [3.63, 3.8) is 0 Å². The second-order valence-electron chi connectivity index (χ2n) is 27.2. The summed E-state index contributed by atoms with van der Waals surface area (Å²) < 4.78 is 117. The Morgan fingerprint density at radius 3 is 1.27 bits per heavy atom. The highest BCUT2D eigenvalue weighted by Gasteiger charge is 2.55. The highest BCUT2D eigenvalue weighted by molar-refractivity contribution is 7.99. The van der Waals surface area contributed by atoms with Gasteiger partial charge < -0.3 is 48.1 Å². The second-order valence-corrected chi connectivity index (χ2v) is 31.4. The van der Waals surface area contributed by atoms with E-state index in [1.54, 1.807) is 0 Å². The molecule has 0 amide bonds. The van der Waals surface area contributed by atoms with E-state index in [1.165, 1.54) is 31.0 Å². The summed E-state index contributed by atoms with van der Waals surface area (Å²) in [5.74, 6) is 0. The molecule has 7 aromatic carbocycles. The fourth-order valence-corrected chi connectivity index (χ4v) is 18.2. The van der Waals surface area contributed by atoms with Gasteiger partial charge in [-0.2, -0.15) is 0 Å². The number of hydrogen-bond acceptors (Lipinski definition) is 19. The summed E-state index contributed by atoms with van der Waals surface area (Å²) in [5, 5.41) is 20.9. The van der Waals surface area contributed by atoms with Crippen LogP contribution in [0.15, 0.2) is 217 Å². The zero-order valence-electron chi connectivity index (χ0n) is 58.8. The zero-order chi connectivity index (χ0) is 70.8. The van der Waals surface area contributed by atoms with Gasteiger partial charge in [-0.05, 0) is 98.4 Å². The van der Waals surface area contributed by atoms with Crippen molar-refractivity contribution in [1.82, 2.24) is 0 Å². The first kappa shape index (κ1) is 77.8. The van der Waals surface area contributed by atoms with Crippen LogP contribution in [0.25, 0.3) is 0 Å². The molecule has 13 rings (SSSR count). The zero-order valence-corrected chi connectivity index (χ0v) is 61.4. The molecular weight excluding hydrogens is 1350 g/mol. The van der Waals surface area contributed by atoms with E-state index in [0.717, 1.165) is 83.2 Å². The molecule has 6 fully saturated rings. The molecule has 21 heteroatoms. The van der Waals surface area contributed by atoms with E-state index in [4.69, 9.17) is 70.1 Å². The van der Waals surface area contributed by atoms with Crippen LogP contribution in [0, 0.1) is 0 Å². The van der Waals surface area contributed by atoms with Gasteiger partial charge in [0.05, 0.1) is 82.9 Å². The summed E-state index contributed by atoms with van der Waals surface area (Å²) in [4.78, 5) is 0.955. The van der Waals surface area contributed by atoms with E-state index in [0.29, 0.717) is 39.1 Å². The van der Waals surface area contributed by atoms with Gasteiger partial charge in [0, 0.05) is 17.7 Å². The number of phosphoric acid groups is 2. The topological polar surface area (TPSA) is 204 Å². The van der Waals surface area contributed by atoms with Gasteiger partial charge in [-0.3, -0.25) is 27.1 Å². The van der Waals surface area contributed by atoms with Crippen molar-refractivity contribution in [1.29, 1.82) is 0 Å². The average molecular weight is 1460 g/mol. The first-order valence-electron chi connectivity index (χ1n) is 36.4. The van der Waals surface area contributed by atoms with Crippen molar-refractivity contribution in [3.8, 4) is 0 Å². The molecule has 7 aromatic rings. The Balaban J connectivity index is 0.000000187. The normalized spacial score (nSPS) is 30.0.